The number of halogens is 1. The third-order valence-electron chi connectivity index (χ3n) is 3.91. The molecule has 1 aliphatic rings. The van der Waals surface area contributed by atoms with Crippen molar-refractivity contribution < 1.29 is 5.11 Å². The number of nitrogens with zero attached hydrogens (tertiary/aromatic N) is 1. The van der Waals surface area contributed by atoms with Crippen molar-refractivity contribution in [3.63, 3.8) is 0 Å². The quantitative estimate of drug-likeness (QED) is 0.882. The number of aliphatic hydroxyl groups excluding tert-OH is 1. The van der Waals surface area contributed by atoms with E-state index < -0.39 is 6.10 Å². The maximum atomic E-state index is 10.5. The lowest BCUT2D eigenvalue weighted by atomic mass is 9.93. The van der Waals surface area contributed by atoms with Crippen molar-refractivity contribution in [2.75, 3.05) is 0 Å². The molecule has 1 atom stereocenters. The minimum Gasteiger partial charge on any atom is -0.388 e. The monoisotopic (exact) mass is 261 g/mol. The van der Waals surface area contributed by atoms with Crippen LogP contribution in [-0.2, 0) is 0 Å². The van der Waals surface area contributed by atoms with E-state index in [4.69, 9.17) is 11.6 Å². The van der Waals surface area contributed by atoms with Gasteiger partial charge in [-0.3, -0.25) is 4.98 Å². The lowest BCUT2D eigenvalue weighted by Crippen LogP contribution is -2.09. The van der Waals surface area contributed by atoms with Crippen molar-refractivity contribution >= 4 is 22.5 Å². The molecule has 3 rings (SSSR count). The van der Waals surface area contributed by atoms with Crippen molar-refractivity contribution in [2.45, 2.75) is 31.8 Å². The predicted octanol–water partition coefficient (Wildman–Crippen LogP) is 4.11. The molecule has 1 saturated carbocycles. The highest BCUT2D eigenvalue weighted by Crippen LogP contribution is 2.38. The molecule has 1 fully saturated rings. The van der Waals surface area contributed by atoms with E-state index in [0.717, 1.165) is 29.3 Å². The third kappa shape index (κ3) is 2.00. The molecule has 1 aromatic heterocycles. The summed E-state index contributed by atoms with van der Waals surface area (Å²) < 4.78 is 0. The second-order valence-electron chi connectivity index (χ2n) is 5.03. The number of benzene rings is 1. The molecule has 1 aromatic carbocycles. The number of hydrogen-bond donors (Lipinski definition) is 1. The van der Waals surface area contributed by atoms with Gasteiger partial charge in [-0.2, -0.15) is 0 Å². The van der Waals surface area contributed by atoms with Crippen molar-refractivity contribution in [1.82, 2.24) is 4.98 Å². The Morgan fingerprint density at radius 3 is 2.78 bits per heavy atom. The molecule has 3 heteroatoms. The van der Waals surface area contributed by atoms with Crippen molar-refractivity contribution in [3.8, 4) is 0 Å². The van der Waals surface area contributed by atoms with Gasteiger partial charge in [-0.1, -0.05) is 30.5 Å². The van der Waals surface area contributed by atoms with Gasteiger partial charge in [0.25, 0.3) is 0 Å². The average Bonchev–Trinajstić information content (AvgIpc) is 2.93. The maximum absolute atomic E-state index is 10.5. The van der Waals surface area contributed by atoms with Crippen molar-refractivity contribution in [1.29, 1.82) is 0 Å². The molecule has 2 aromatic rings. The first-order valence-electron chi connectivity index (χ1n) is 6.48. The summed E-state index contributed by atoms with van der Waals surface area (Å²) >= 11 is 6.17. The number of aromatic nitrogens is 1. The van der Waals surface area contributed by atoms with E-state index in [1.807, 2.05) is 24.3 Å². The van der Waals surface area contributed by atoms with Crippen LogP contribution >= 0.6 is 11.6 Å². The summed E-state index contributed by atoms with van der Waals surface area (Å²) in [6.07, 6.45) is 6.00. The predicted molar refractivity (Wildman–Crippen MR) is 73.7 cm³/mol. The fourth-order valence-electron chi connectivity index (χ4n) is 2.93. The van der Waals surface area contributed by atoms with E-state index in [1.165, 1.54) is 12.8 Å². The Labute approximate surface area is 112 Å². The molecule has 18 heavy (non-hydrogen) atoms. The van der Waals surface area contributed by atoms with Crippen LogP contribution in [0.2, 0.25) is 5.02 Å². The van der Waals surface area contributed by atoms with Crippen LogP contribution in [0.4, 0.5) is 0 Å². The molecule has 0 bridgehead atoms. The summed E-state index contributed by atoms with van der Waals surface area (Å²) in [6, 6.07) is 7.61. The summed E-state index contributed by atoms with van der Waals surface area (Å²) in [5.41, 5.74) is 1.76. The SMILES string of the molecule is OC(c1ccc(Cl)c2cccnc12)C1CCCC1. The Morgan fingerprint density at radius 1 is 1.22 bits per heavy atom. The van der Waals surface area contributed by atoms with Crippen molar-refractivity contribution in [3.05, 3.63) is 41.0 Å². The number of rotatable bonds is 2. The molecule has 1 unspecified atom stereocenters. The van der Waals surface area contributed by atoms with E-state index >= 15 is 0 Å². The summed E-state index contributed by atoms with van der Waals surface area (Å²) in [7, 11) is 0. The van der Waals surface area contributed by atoms with E-state index in [2.05, 4.69) is 4.98 Å². The molecule has 0 spiro atoms. The lowest BCUT2D eigenvalue weighted by molar-refractivity contribution is 0.113. The van der Waals surface area contributed by atoms with Gasteiger partial charge in [0.1, 0.15) is 0 Å². The Hall–Kier alpha value is -1.12. The zero-order chi connectivity index (χ0) is 12.5. The molecule has 1 aliphatic carbocycles. The molecular formula is C15H16ClNO. The van der Waals surface area contributed by atoms with Gasteiger partial charge in [0.15, 0.2) is 0 Å². The van der Waals surface area contributed by atoms with E-state index in [1.54, 1.807) is 6.20 Å². The van der Waals surface area contributed by atoms with Gasteiger partial charge in [-0.25, -0.2) is 0 Å². The highest BCUT2D eigenvalue weighted by atomic mass is 35.5. The normalized spacial score (nSPS) is 18.3. The highest BCUT2D eigenvalue weighted by molar-refractivity contribution is 6.35. The lowest BCUT2D eigenvalue weighted by Gasteiger charge is -2.19. The maximum Gasteiger partial charge on any atom is 0.0839 e. The fourth-order valence-corrected chi connectivity index (χ4v) is 3.14. The van der Waals surface area contributed by atoms with Gasteiger partial charge in [0.05, 0.1) is 11.6 Å². The Bertz CT molecular complexity index is 563. The average molecular weight is 262 g/mol. The molecule has 94 valence electrons. The van der Waals surface area contributed by atoms with Crippen LogP contribution in [0, 0.1) is 5.92 Å². The van der Waals surface area contributed by atoms with Gasteiger partial charge in [0.2, 0.25) is 0 Å². The van der Waals surface area contributed by atoms with E-state index in [9.17, 15) is 5.11 Å². The van der Waals surface area contributed by atoms with Gasteiger partial charge in [-0.05, 0) is 37.0 Å². The molecule has 0 saturated heterocycles. The zero-order valence-corrected chi connectivity index (χ0v) is 10.9. The minimum atomic E-state index is -0.415. The van der Waals surface area contributed by atoms with Crippen LogP contribution < -0.4 is 0 Å². The number of pyridine rings is 1. The smallest absolute Gasteiger partial charge is 0.0839 e. The molecule has 0 aliphatic heterocycles. The molecule has 0 radical (unpaired) electrons. The molecule has 1 heterocycles. The van der Waals surface area contributed by atoms with E-state index in [0.29, 0.717) is 10.9 Å². The number of aliphatic hydroxyl groups is 1. The molecule has 0 amide bonds. The molecule has 2 nitrogen and oxygen atoms in total. The Balaban J connectivity index is 2.08. The zero-order valence-electron chi connectivity index (χ0n) is 10.1. The standard InChI is InChI=1S/C15H16ClNO/c16-13-8-7-12(14-11(13)6-3-9-17-14)15(18)10-4-1-2-5-10/h3,6-10,15,18H,1-2,4-5H2. The first-order chi connectivity index (χ1) is 8.77. The summed E-state index contributed by atoms with van der Waals surface area (Å²) in [5.74, 6) is 0.372. The number of hydrogen-bond acceptors (Lipinski definition) is 2. The molecule has 1 N–H and O–H groups in total. The van der Waals surface area contributed by atoms with Crippen LogP contribution in [0.3, 0.4) is 0 Å². The van der Waals surface area contributed by atoms with Crippen LogP contribution in [0.5, 0.6) is 0 Å². The first-order valence-corrected chi connectivity index (χ1v) is 6.86. The van der Waals surface area contributed by atoms with Crippen LogP contribution in [-0.4, -0.2) is 10.1 Å². The highest BCUT2D eigenvalue weighted by Gasteiger charge is 2.26. The van der Waals surface area contributed by atoms with Crippen LogP contribution in [0.25, 0.3) is 10.9 Å². The van der Waals surface area contributed by atoms with Gasteiger partial charge in [-0.15, -0.1) is 0 Å². The second kappa shape index (κ2) is 4.87. The Morgan fingerprint density at radius 2 is 2.00 bits per heavy atom. The molecular weight excluding hydrogens is 246 g/mol. The largest absolute Gasteiger partial charge is 0.388 e. The topological polar surface area (TPSA) is 33.1 Å². The Kier molecular flexibility index (Phi) is 3.23. The number of fused-ring (bicyclic) bond motifs is 1. The van der Waals surface area contributed by atoms with Gasteiger partial charge in [0, 0.05) is 22.2 Å². The van der Waals surface area contributed by atoms with Crippen LogP contribution in [0.1, 0.15) is 37.4 Å². The summed E-state index contributed by atoms with van der Waals surface area (Å²) in [6.45, 7) is 0. The van der Waals surface area contributed by atoms with Crippen molar-refractivity contribution in [2.24, 2.45) is 5.92 Å². The second-order valence-corrected chi connectivity index (χ2v) is 5.43. The summed E-state index contributed by atoms with van der Waals surface area (Å²) in [4.78, 5) is 4.39. The first kappa shape index (κ1) is 11.9. The fraction of sp³-hybridized carbons (Fsp3) is 0.400. The minimum absolute atomic E-state index is 0.372. The van der Waals surface area contributed by atoms with Gasteiger partial charge < -0.3 is 5.11 Å². The summed E-state index contributed by atoms with van der Waals surface area (Å²) in [5, 5.41) is 12.1. The van der Waals surface area contributed by atoms with Crippen LogP contribution in [0.15, 0.2) is 30.5 Å². The third-order valence-corrected chi connectivity index (χ3v) is 4.24. The van der Waals surface area contributed by atoms with Gasteiger partial charge >= 0.3 is 0 Å². The van der Waals surface area contributed by atoms with E-state index in [-0.39, 0.29) is 0 Å².